The van der Waals surface area contributed by atoms with E-state index in [-0.39, 0.29) is 5.41 Å². The number of rotatable bonds is 5. The van der Waals surface area contributed by atoms with E-state index in [2.05, 4.69) is 6.92 Å². The smallest absolute Gasteiger partial charge is 0.0436 e. The van der Waals surface area contributed by atoms with Crippen molar-refractivity contribution in [3.05, 3.63) is 44.6 Å². The molecule has 2 atom stereocenters. The molecule has 0 saturated carbocycles. The quantitative estimate of drug-likeness (QED) is 0.461. The van der Waals surface area contributed by atoms with E-state index >= 15 is 0 Å². The summed E-state index contributed by atoms with van der Waals surface area (Å²) in [4.78, 5) is 0. The minimum atomic E-state index is 0.278. The van der Waals surface area contributed by atoms with Crippen LogP contribution in [0, 0.1) is 17.3 Å². The molecule has 0 aromatic heterocycles. The Balaban J connectivity index is 1.40. The first-order valence-corrected chi connectivity index (χ1v) is 14.2. The Labute approximate surface area is 196 Å². The molecule has 0 fully saturated rings. The summed E-state index contributed by atoms with van der Waals surface area (Å²) in [5, 5.41) is 10.4. The van der Waals surface area contributed by atoms with Gasteiger partial charge in [0.05, 0.1) is 0 Å². The van der Waals surface area contributed by atoms with Crippen molar-refractivity contribution in [2.75, 3.05) is 6.61 Å². The van der Waals surface area contributed by atoms with Crippen molar-refractivity contribution >= 4 is 0 Å². The molecule has 1 nitrogen and oxygen atoms in total. The van der Waals surface area contributed by atoms with Crippen LogP contribution in [0.4, 0.5) is 0 Å². The van der Waals surface area contributed by atoms with Crippen molar-refractivity contribution in [3.63, 3.8) is 0 Å². The van der Waals surface area contributed by atoms with Crippen molar-refractivity contribution < 1.29 is 5.11 Å². The lowest BCUT2D eigenvalue weighted by Gasteiger charge is -2.51. The summed E-state index contributed by atoms with van der Waals surface area (Å²) in [6.45, 7) is 2.84. The lowest BCUT2D eigenvalue weighted by molar-refractivity contribution is 0.0467. The Hall–Kier alpha value is -1.08. The number of fused-ring (bicyclic) bond motifs is 2. The molecule has 0 heterocycles. The van der Waals surface area contributed by atoms with E-state index in [9.17, 15) is 5.11 Å². The van der Waals surface area contributed by atoms with Crippen LogP contribution in [-0.4, -0.2) is 11.7 Å². The largest absolute Gasteiger partial charge is 0.396 e. The van der Waals surface area contributed by atoms with E-state index in [1.807, 2.05) is 44.6 Å². The zero-order valence-corrected chi connectivity index (χ0v) is 20.5. The SMILES string of the molecule is CCC(CCO)(C1CCCC2=C1CC1=C2CCCC1)C1CCCC2=C1CC1=C2CCCC1. The molecule has 0 aliphatic heterocycles. The predicted molar refractivity (Wildman–Crippen MR) is 133 cm³/mol. The van der Waals surface area contributed by atoms with Crippen LogP contribution in [0.2, 0.25) is 0 Å². The maximum absolute atomic E-state index is 10.4. The second-order valence-corrected chi connectivity index (χ2v) is 11.9. The van der Waals surface area contributed by atoms with Gasteiger partial charge in [-0.25, -0.2) is 0 Å². The Kier molecular flexibility index (Phi) is 5.77. The van der Waals surface area contributed by atoms with Gasteiger partial charge in [-0.05, 0) is 155 Å². The number of aliphatic hydroxyl groups excluding tert-OH is 1. The molecule has 6 aliphatic carbocycles. The van der Waals surface area contributed by atoms with E-state index < -0.39 is 0 Å². The third-order valence-corrected chi connectivity index (χ3v) is 10.8. The van der Waals surface area contributed by atoms with Crippen LogP contribution in [0.3, 0.4) is 0 Å². The van der Waals surface area contributed by atoms with E-state index in [0.717, 1.165) is 6.42 Å². The van der Waals surface area contributed by atoms with Gasteiger partial charge in [-0.15, -0.1) is 0 Å². The van der Waals surface area contributed by atoms with Gasteiger partial charge in [-0.3, -0.25) is 0 Å². The molecule has 0 aromatic carbocycles. The summed E-state index contributed by atoms with van der Waals surface area (Å²) in [6, 6.07) is 0. The molecule has 0 aromatic rings. The van der Waals surface area contributed by atoms with Crippen LogP contribution in [-0.2, 0) is 0 Å². The van der Waals surface area contributed by atoms with Crippen LogP contribution in [0.15, 0.2) is 44.6 Å². The highest BCUT2D eigenvalue weighted by atomic mass is 16.3. The van der Waals surface area contributed by atoms with Crippen LogP contribution in [0.1, 0.15) is 122 Å². The molecule has 0 saturated heterocycles. The molecule has 0 bridgehead atoms. The minimum Gasteiger partial charge on any atom is -0.396 e. The first-order chi connectivity index (χ1) is 15.8. The van der Waals surface area contributed by atoms with Crippen LogP contribution >= 0.6 is 0 Å². The lowest BCUT2D eigenvalue weighted by atomic mass is 9.54. The fraction of sp³-hybridized carbons (Fsp3) is 0.742. The van der Waals surface area contributed by atoms with E-state index in [0.29, 0.717) is 18.4 Å². The van der Waals surface area contributed by atoms with Crippen LogP contribution < -0.4 is 0 Å². The summed E-state index contributed by atoms with van der Waals surface area (Å²) in [6.07, 6.45) is 24.1. The zero-order valence-electron chi connectivity index (χ0n) is 20.5. The normalized spacial score (nSPS) is 32.1. The van der Waals surface area contributed by atoms with E-state index in [4.69, 9.17) is 0 Å². The van der Waals surface area contributed by atoms with Gasteiger partial charge >= 0.3 is 0 Å². The van der Waals surface area contributed by atoms with Gasteiger partial charge in [0.2, 0.25) is 0 Å². The monoisotopic (exact) mass is 432 g/mol. The fourth-order valence-corrected chi connectivity index (χ4v) is 9.46. The van der Waals surface area contributed by atoms with Gasteiger partial charge in [0, 0.05) is 6.61 Å². The lowest BCUT2D eigenvalue weighted by Crippen LogP contribution is -2.42. The molecule has 1 heteroatoms. The Morgan fingerprint density at radius 1 is 0.656 bits per heavy atom. The second-order valence-electron chi connectivity index (χ2n) is 11.9. The van der Waals surface area contributed by atoms with Gasteiger partial charge in [-0.1, -0.05) is 29.2 Å². The first kappa shape index (κ1) is 21.5. The van der Waals surface area contributed by atoms with E-state index in [1.54, 1.807) is 0 Å². The number of allylic oxidation sites excluding steroid dienone is 8. The molecule has 32 heavy (non-hydrogen) atoms. The standard InChI is InChI=1S/C31H44O/c1-2-31(17-18-32,29-15-7-13-25-23-11-5-3-9-21(23)19-27(25)29)30-16-8-14-26-24-12-6-4-10-22(24)20-28(26)30/h29-30,32H,2-20H2,1H3. The molecule has 1 N–H and O–H groups in total. The minimum absolute atomic E-state index is 0.278. The van der Waals surface area contributed by atoms with Crippen molar-refractivity contribution in [3.8, 4) is 0 Å². The molecule has 2 unspecified atom stereocenters. The van der Waals surface area contributed by atoms with Crippen LogP contribution in [0.25, 0.3) is 0 Å². The average molecular weight is 433 g/mol. The van der Waals surface area contributed by atoms with Gasteiger partial charge in [0.25, 0.3) is 0 Å². The molecular formula is C31H44O. The van der Waals surface area contributed by atoms with Crippen LogP contribution in [0.5, 0.6) is 0 Å². The highest BCUT2D eigenvalue weighted by molar-refractivity contribution is 5.53. The molecule has 0 spiro atoms. The Morgan fingerprint density at radius 2 is 1.12 bits per heavy atom. The van der Waals surface area contributed by atoms with Crippen molar-refractivity contribution in [2.24, 2.45) is 17.3 Å². The summed E-state index contributed by atoms with van der Waals surface area (Å²) in [5.74, 6) is 1.42. The third kappa shape index (κ3) is 3.20. The fourth-order valence-electron chi connectivity index (χ4n) is 9.46. The number of hydrogen-bond acceptors (Lipinski definition) is 1. The summed E-state index contributed by atoms with van der Waals surface area (Å²) in [7, 11) is 0. The zero-order chi connectivity index (χ0) is 21.7. The Bertz CT molecular complexity index is 839. The topological polar surface area (TPSA) is 20.2 Å². The summed E-state index contributed by atoms with van der Waals surface area (Å²) >= 11 is 0. The number of hydrogen-bond donors (Lipinski definition) is 1. The maximum Gasteiger partial charge on any atom is 0.0436 e. The maximum atomic E-state index is 10.4. The summed E-state index contributed by atoms with van der Waals surface area (Å²) < 4.78 is 0. The second kappa shape index (κ2) is 8.61. The molecule has 6 aliphatic rings. The predicted octanol–water partition coefficient (Wildman–Crippen LogP) is 8.51. The van der Waals surface area contributed by atoms with Crippen molar-refractivity contribution in [2.45, 2.75) is 122 Å². The summed E-state index contributed by atoms with van der Waals surface area (Å²) in [5.41, 5.74) is 14.9. The third-order valence-electron chi connectivity index (χ3n) is 10.8. The van der Waals surface area contributed by atoms with Gasteiger partial charge < -0.3 is 5.11 Å². The van der Waals surface area contributed by atoms with Crippen molar-refractivity contribution in [1.29, 1.82) is 0 Å². The average Bonchev–Trinajstić information content (AvgIpc) is 3.41. The highest BCUT2D eigenvalue weighted by Gasteiger charge is 2.50. The van der Waals surface area contributed by atoms with Gasteiger partial charge in [0.1, 0.15) is 0 Å². The molecule has 0 amide bonds. The number of aliphatic hydroxyl groups is 1. The first-order valence-electron chi connectivity index (χ1n) is 14.2. The van der Waals surface area contributed by atoms with E-state index in [1.165, 1.54) is 109 Å². The molecule has 0 radical (unpaired) electrons. The van der Waals surface area contributed by atoms with Gasteiger partial charge in [-0.2, -0.15) is 0 Å². The highest BCUT2D eigenvalue weighted by Crippen LogP contribution is 2.62. The van der Waals surface area contributed by atoms with Gasteiger partial charge in [0.15, 0.2) is 0 Å². The molecule has 174 valence electrons. The molecule has 6 rings (SSSR count). The van der Waals surface area contributed by atoms with Crippen molar-refractivity contribution in [1.82, 2.24) is 0 Å². The Morgan fingerprint density at radius 3 is 1.59 bits per heavy atom. The molecular weight excluding hydrogens is 388 g/mol.